The predicted octanol–water partition coefficient (Wildman–Crippen LogP) is 2.78. The van der Waals surface area contributed by atoms with E-state index in [1.807, 2.05) is 0 Å². The highest BCUT2D eigenvalue weighted by molar-refractivity contribution is 9.10. The zero-order chi connectivity index (χ0) is 10.8. The van der Waals surface area contributed by atoms with Crippen LogP contribution >= 0.6 is 26.6 Å². The quantitative estimate of drug-likeness (QED) is 0.806. The van der Waals surface area contributed by atoms with Crippen molar-refractivity contribution < 1.29 is 13.2 Å². The first-order valence-corrected chi connectivity index (χ1v) is 6.93. The SMILES string of the molecule is CCOc1c(Br)cccc1S(=O)(=O)Cl. The smallest absolute Gasteiger partial charge is 0.265 e. The van der Waals surface area contributed by atoms with Gasteiger partial charge in [-0.2, -0.15) is 0 Å². The summed E-state index contributed by atoms with van der Waals surface area (Å²) in [6.45, 7) is 2.14. The number of ether oxygens (including phenoxy) is 1. The minimum absolute atomic E-state index is 0.0182. The van der Waals surface area contributed by atoms with Crippen LogP contribution in [0.25, 0.3) is 0 Å². The third-order valence-corrected chi connectivity index (χ3v) is 3.45. The Morgan fingerprint density at radius 2 is 2.14 bits per heavy atom. The van der Waals surface area contributed by atoms with E-state index in [-0.39, 0.29) is 10.6 Å². The molecule has 0 heterocycles. The van der Waals surface area contributed by atoms with Gasteiger partial charge in [0.05, 0.1) is 11.1 Å². The van der Waals surface area contributed by atoms with Crippen LogP contribution in [0.1, 0.15) is 6.92 Å². The van der Waals surface area contributed by atoms with Gasteiger partial charge < -0.3 is 4.74 Å². The Balaban J connectivity index is 3.36. The summed E-state index contributed by atoms with van der Waals surface area (Å²) in [5.74, 6) is 0.255. The van der Waals surface area contributed by atoms with E-state index >= 15 is 0 Å². The van der Waals surface area contributed by atoms with Gasteiger partial charge in [-0.05, 0) is 35.0 Å². The van der Waals surface area contributed by atoms with Gasteiger partial charge >= 0.3 is 0 Å². The number of para-hydroxylation sites is 1. The molecule has 0 aliphatic rings. The molecule has 0 saturated carbocycles. The van der Waals surface area contributed by atoms with Gasteiger partial charge in [0.15, 0.2) is 5.75 Å². The fourth-order valence-corrected chi connectivity index (χ4v) is 2.57. The van der Waals surface area contributed by atoms with E-state index in [1.54, 1.807) is 19.1 Å². The van der Waals surface area contributed by atoms with Crippen molar-refractivity contribution in [1.29, 1.82) is 0 Å². The third-order valence-electron chi connectivity index (χ3n) is 1.48. The molecule has 78 valence electrons. The van der Waals surface area contributed by atoms with Crippen LogP contribution in [0.4, 0.5) is 0 Å². The van der Waals surface area contributed by atoms with E-state index in [2.05, 4.69) is 15.9 Å². The maximum Gasteiger partial charge on any atom is 0.265 e. The van der Waals surface area contributed by atoms with E-state index < -0.39 is 9.05 Å². The van der Waals surface area contributed by atoms with Crippen LogP contribution < -0.4 is 4.74 Å². The molecule has 14 heavy (non-hydrogen) atoms. The summed E-state index contributed by atoms with van der Waals surface area (Å²) in [5, 5.41) is 0. The van der Waals surface area contributed by atoms with E-state index in [1.165, 1.54) is 6.07 Å². The molecule has 0 radical (unpaired) electrons. The van der Waals surface area contributed by atoms with Crippen LogP contribution in [0.3, 0.4) is 0 Å². The van der Waals surface area contributed by atoms with Crippen LogP contribution in [0, 0.1) is 0 Å². The molecule has 0 unspecified atom stereocenters. The Hall–Kier alpha value is -0.260. The van der Waals surface area contributed by atoms with Crippen molar-refractivity contribution in [2.45, 2.75) is 11.8 Å². The van der Waals surface area contributed by atoms with E-state index in [4.69, 9.17) is 15.4 Å². The summed E-state index contributed by atoms with van der Waals surface area (Å²) >= 11 is 3.19. The van der Waals surface area contributed by atoms with Gasteiger partial charge in [-0.3, -0.25) is 0 Å². The molecule has 1 rings (SSSR count). The van der Waals surface area contributed by atoms with E-state index in [0.29, 0.717) is 11.1 Å². The van der Waals surface area contributed by atoms with Crippen LogP contribution in [-0.2, 0) is 9.05 Å². The molecule has 0 amide bonds. The zero-order valence-corrected chi connectivity index (χ0v) is 10.5. The van der Waals surface area contributed by atoms with Crippen molar-refractivity contribution in [3.8, 4) is 5.75 Å². The minimum Gasteiger partial charge on any atom is -0.491 e. The molecule has 0 bridgehead atoms. The third kappa shape index (κ3) is 2.62. The van der Waals surface area contributed by atoms with E-state index in [9.17, 15) is 8.42 Å². The van der Waals surface area contributed by atoms with E-state index in [0.717, 1.165) is 0 Å². The average molecular weight is 300 g/mol. The van der Waals surface area contributed by atoms with Crippen molar-refractivity contribution in [2.75, 3.05) is 6.61 Å². The van der Waals surface area contributed by atoms with Crippen LogP contribution in [-0.4, -0.2) is 15.0 Å². The fraction of sp³-hybridized carbons (Fsp3) is 0.250. The molecule has 0 aliphatic heterocycles. The summed E-state index contributed by atoms with van der Waals surface area (Å²) in [5.41, 5.74) is 0. The monoisotopic (exact) mass is 298 g/mol. The topological polar surface area (TPSA) is 43.4 Å². The van der Waals surface area contributed by atoms with Crippen molar-refractivity contribution in [3.63, 3.8) is 0 Å². The first kappa shape index (κ1) is 11.8. The molecule has 0 aromatic heterocycles. The maximum absolute atomic E-state index is 11.1. The second-order valence-electron chi connectivity index (χ2n) is 2.44. The lowest BCUT2D eigenvalue weighted by atomic mass is 10.3. The molecule has 1 aromatic carbocycles. The number of rotatable bonds is 3. The van der Waals surface area contributed by atoms with Gasteiger partial charge in [-0.25, -0.2) is 8.42 Å². The van der Waals surface area contributed by atoms with Crippen LogP contribution in [0.15, 0.2) is 27.6 Å². The van der Waals surface area contributed by atoms with Gasteiger partial charge in [0, 0.05) is 10.7 Å². The Labute approximate surface area is 95.6 Å². The van der Waals surface area contributed by atoms with Gasteiger partial charge in [-0.1, -0.05) is 6.07 Å². The molecule has 0 atom stereocenters. The van der Waals surface area contributed by atoms with Crippen molar-refractivity contribution >= 4 is 35.7 Å². The molecule has 3 nitrogen and oxygen atoms in total. The van der Waals surface area contributed by atoms with Gasteiger partial charge in [-0.15, -0.1) is 0 Å². The number of hydrogen-bond acceptors (Lipinski definition) is 3. The summed E-state index contributed by atoms with van der Waals surface area (Å²) in [6, 6.07) is 4.68. The van der Waals surface area contributed by atoms with Gasteiger partial charge in [0.25, 0.3) is 9.05 Å². The Kier molecular flexibility index (Phi) is 3.80. The molecular weight excluding hydrogens is 292 g/mol. The first-order valence-electron chi connectivity index (χ1n) is 3.82. The highest BCUT2D eigenvalue weighted by Crippen LogP contribution is 2.33. The second kappa shape index (κ2) is 4.51. The minimum atomic E-state index is -3.76. The van der Waals surface area contributed by atoms with Crippen LogP contribution in [0.5, 0.6) is 5.75 Å². The molecule has 0 N–H and O–H groups in total. The standard InChI is InChI=1S/C8H8BrClO3S/c1-2-13-8-6(9)4-3-5-7(8)14(10,11)12/h3-5H,2H2,1H3. The lowest BCUT2D eigenvalue weighted by molar-refractivity contribution is 0.329. The lowest BCUT2D eigenvalue weighted by Gasteiger charge is -2.08. The number of hydrogen-bond donors (Lipinski definition) is 0. The molecule has 6 heteroatoms. The maximum atomic E-state index is 11.1. The van der Waals surface area contributed by atoms with Crippen LogP contribution in [0.2, 0.25) is 0 Å². The Bertz CT molecular complexity index is 430. The first-order chi connectivity index (χ1) is 6.46. The molecule has 0 aliphatic carbocycles. The van der Waals surface area contributed by atoms with Crippen molar-refractivity contribution in [1.82, 2.24) is 0 Å². The Morgan fingerprint density at radius 3 is 2.64 bits per heavy atom. The molecular formula is C8H8BrClO3S. The fourth-order valence-electron chi connectivity index (χ4n) is 0.965. The number of halogens is 2. The predicted molar refractivity (Wildman–Crippen MR) is 58.3 cm³/mol. The molecule has 0 saturated heterocycles. The number of benzene rings is 1. The van der Waals surface area contributed by atoms with Gasteiger partial charge in [0.2, 0.25) is 0 Å². The second-order valence-corrected chi connectivity index (χ2v) is 5.83. The highest BCUT2D eigenvalue weighted by Gasteiger charge is 2.18. The average Bonchev–Trinajstić information content (AvgIpc) is 2.07. The Morgan fingerprint density at radius 1 is 1.50 bits per heavy atom. The summed E-state index contributed by atoms with van der Waals surface area (Å²) < 4.78 is 28.0. The molecule has 0 spiro atoms. The molecule has 1 aromatic rings. The zero-order valence-electron chi connectivity index (χ0n) is 7.33. The lowest BCUT2D eigenvalue weighted by Crippen LogP contribution is -2.00. The summed E-state index contributed by atoms with van der Waals surface area (Å²) in [6.07, 6.45) is 0. The largest absolute Gasteiger partial charge is 0.491 e. The van der Waals surface area contributed by atoms with Crippen molar-refractivity contribution in [2.24, 2.45) is 0 Å². The summed E-state index contributed by atoms with van der Waals surface area (Å²) in [4.78, 5) is -0.0182. The van der Waals surface area contributed by atoms with Gasteiger partial charge in [0.1, 0.15) is 4.90 Å². The molecule has 0 fully saturated rings. The normalized spacial score (nSPS) is 11.4. The highest BCUT2D eigenvalue weighted by atomic mass is 79.9. The van der Waals surface area contributed by atoms with Crippen molar-refractivity contribution in [3.05, 3.63) is 22.7 Å². The summed E-state index contributed by atoms with van der Waals surface area (Å²) in [7, 11) is 1.48.